The lowest BCUT2D eigenvalue weighted by Gasteiger charge is -2.16. The number of carbonyl (C=O) groups excluding carboxylic acids is 4. The number of esters is 2. The highest BCUT2D eigenvalue weighted by Gasteiger charge is 2.27. The topological polar surface area (TPSA) is 159 Å². The Morgan fingerprint density at radius 1 is 0.738 bits per heavy atom. The number of aromatic nitrogens is 5. The third-order valence-electron chi connectivity index (χ3n) is 6.75. The van der Waals surface area contributed by atoms with Crippen molar-refractivity contribution in [3.8, 4) is 0 Å². The molecule has 1 aromatic carbocycles. The van der Waals surface area contributed by atoms with Gasteiger partial charge >= 0.3 is 11.9 Å². The maximum Gasteiger partial charge on any atom is 0.328 e. The first-order valence-corrected chi connectivity index (χ1v) is 13.1. The first-order chi connectivity index (χ1) is 20.3. The standard InChI is InChI=1S/C29H29N7O6/c1-41-28(39)24-10-20-14-35(16-30-20)12-18-6-8-19(9-7-18)13-36-15-21(31-17-36)11-25(29(40)42-2)34-27(38)23-5-3-4-22(32-23)26(37)33-24/h3-9,14-17,24-25H,10-13H2,1-2H3,(H,33,37)(H,34,38)/t24-,25-/m0/s1. The number of benzene rings is 1. The van der Waals surface area contributed by atoms with Crippen LogP contribution in [-0.4, -0.2) is 74.1 Å². The Hall–Kier alpha value is -5.33. The summed E-state index contributed by atoms with van der Waals surface area (Å²) >= 11 is 0. The fourth-order valence-electron chi connectivity index (χ4n) is 4.61. The second kappa shape index (κ2) is 12.5. The second-order valence-electron chi connectivity index (χ2n) is 9.81. The van der Waals surface area contributed by atoms with Crippen LogP contribution in [0.5, 0.6) is 0 Å². The lowest BCUT2D eigenvalue weighted by Crippen LogP contribution is -2.44. The van der Waals surface area contributed by atoms with Crippen LogP contribution in [-0.2, 0) is 45.0 Å². The van der Waals surface area contributed by atoms with Crippen molar-refractivity contribution in [3.05, 3.63) is 101 Å². The fraction of sp³-hybridized carbons (Fsp3) is 0.276. The molecule has 0 unspecified atom stereocenters. The maximum absolute atomic E-state index is 13.1. The number of amides is 2. The zero-order valence-corrected chi connectivity index (χ0v) is 23.0. The number of hydrogen-bond acceptors (Lipinski definition) is 9. The molecule has 0 saturated carbocycles. The average molecular weight is 572 g/mol. The number of ether oxygens (including phenoxy) is 2. The molecule has 13 heteroatoms. The molecule has 0 aliphatic carbocycles. The van der Waals surface area contributed by atoms with Crippen molar-refractivity contribution in [3.63, 3.8) is 0 Å². The molecular weight excluding hydrogens is 542 g/mol. The van der Waals surface area contributed by atoms with Gasteiger partial charge in [-0.3, -0.25) is 9.59 Å². The van der Waals surface area contributed by atoms with Crippen LogP contribution in [0.3, 0.4) is 0 Å². The Morgan fingerprint density at radius 3 is 1.57 bits per heavy atom. The smallest absolute Gasteiger partial charge is 0.328 e. The number of hydrogen-bond donors (Lipinski definition) is 2. The molecule has 2 atom stereocenters. The molecule has 13 nitrogen and oxygen atoms in total. The van der Waals surface area contributed by atoms with E-state index >= 15 is 0 Å². The number of nitrogens with one attached hydrogen (secondary N) is 2. The highest BCUT2D eigenvalue weighted by atomic mass is 16.5. The summed E-state index contributed by atoms with van der Waals surface area (Å²) in [6, 6.07) is 10.3. The Bertz CT molecular complexity index is 1500. The molecule has 0 radical (unpaired) electrons. The summed E-state index contributed by atoms with van der Waals surface area (Å²) < 4.78 is 13.6. The second-order valence-corrected chi connectivity index (χ2v) is 9.81. The van der Waals surface area contributed by atoms with Crippen molar-refractivity contribution in [1.82, 2.24) is 34.7 Å². The van der Waals surface area contributed by atoms with Gasteiger partial charge in [0.1, 0.15) is 23.5 Å². The molecule has 0 spiro atoms. The number of nitrogens with zero attached hydrogens (tertiary/aromatic N) is 5. The SMILES string of the molecule is COC(=O)[C@@H]1Cc2cn(cn2)Cc2ccc(cc2)Cn2cnc(c2)C[C@@H](C(=O)OC)NC(=O)c2cccc(n2)C(=O)N1. The Kier molecular flexibility index (Phi) is 8.37. The molecule has 6 rings (SSSR count). The van der Waals surface area contributed by atoms with Crippen LogP contribution in [0.15, 0.2) is 67.5 Å². The largest absolute Gasteiger partial charge is 0.467 e. The molecule has 5 heterocycles. The fourth-order valence-corrected chi connectivity index (χ4v) is 4.61. The van der Waals surface area contributed by atoms with Crippen molar-refractivity contribution in [2.45, 2.75) is 38.0 Å². The highest BCUT2D eigenvalue weighted by molar-refractivity contribution is 5.98. The van der Waals surface area contributed by atoms with E-state index in [1.54, 1.807) is 25.0 Å². The summed E-state index contributed by atoms with van der Waals surface area (Å²) in [4.78, 5) is 64.2. The van der Waals surface area contributed by atoms with E-state index in [1.807, 2.05) is 33.4 Å². The van der Waals surface area contributed by atoms with Gasteiger partial charge in [0.2, 0.25) is 0 Å². The summed E-state index contributed by atoms with van der Waals surface area (Å²) in [6.45, 7) is 1.12. The van der Waals surface area contributed by atoms with Crippen molar-refractivity contribution >= 4 is 23.8 Å². The monoisotopic (exact) mass is 571 g/mol. The maximum atomic E-state index is 13.1. The Morgan fingerprint density at radius 2 is 1.17 bits per heavy atom. The van der Waals surface area contributed by atoms with Crippen LogP contribution in [0, 0.1) is 0 Å². The average Bonchev–Trinajstić information content (AvgIpc) is 3.64. The normalized spacial score (nSPS) is 17.6. The molecule has 4 aromatic rings. The summed E-state index contributed by atoms with van der Waals surface area (Å²) in [6.07, 6.45) is 7.10. The third-order valence-corrected chi connectivity index (χ3v) is 6.75. The van der Waals surface area contributed by atoms with Gasteiger partial charge in [-0.1, -0.05) is 30.3 Å². The van der Waals surface area contributed by atoms with E-state index in [1.165, 1.54) is 32.4 Å². The molecule has 8 bridgehead atoms. The van der Waals surface area contributed by atoms with Crippen molar-refractivity contribution < 1.29 is 28.7 Å². The zero-order valence-electron chi connectivity index (χ0n) is 23.0. The van der Waals surface area contributed by atoms with Crippen LogP contribution in [0.25, 0.3) is 0 Å². The lowest BCUT2D eigenvalue weighted by atomic mass is 10.1. The summed E-state index contributed by atoms with van der Waals surface area (Å²) in [5, 5.41) is 5.25. The van der Waals surface area contributed by atoms with Gasteiger partial charge in [0.25, 0.3) is 11.8 Å². The van der Waals surface area contributed by atoms with Crippen LogP contribution < -0.4 is 10.6 Å². The minimum absolute atomic E-state index is 0.0814. The van der Waals surface area contributed by atoms with E-state index in [0.29, 0.717) is 24.5 Å². The van der Waals surface area contributed by atoms with Crippen LogP contribution >= 0.6 is 0 Å². The van der Waals surface area contributed by atoms with Crippen molar-refractivity contribution in [1.29, 1.82) is 0 Å². The van der Waals surface area contributed by atoms with E-state index in [2.05, 4.69) is 25.6 Å². The molecule has 42 heavy (non-hydrogen) atoms. The highest BCUT2D eigenvalue weighted by Crippen LogP contribution is 2.12. The van der Waals surface area contributed by atoms with E-state index in [-0.39, 0.29) is 24.2 Å². The van der Waals surface area contributed by atoms with Gasteiger partial charge in [-0.15, -0.1) is 0 Å². The van der Waals surface area contributed by atoms with E-state index in [9.17, 15) is 19.2 Å². The van der Waals surface area contributed by atoms with Crippen LogP contribution in [0.2, 0.25) is 0 Å². The number of rotatable bonds is 2. The van der Waals surface area contributed by atoms with Gasteiger partial charge in [0.15, 0.2) is 0 Å². The molecule has 0 saturated heterocycles. The minimum atomic E-state index is -1.05. The third kappa shape index (κ3) is 6.69. The van der Waals surface area contributed by atoms with Gasteiger partial charge in [-0.05, 0) is 23.3 Å². The van der Waals surface area contributed by atoms with E-state index in [4.69, 9.17) is 9.47 Å². The number of methoxy groups -OCH3 is 2. The summed E-state index contributed by atoms with van der Waals surface area (Å²) in [7, 11) is 2.46. The van der Waals surface area contributed by atoms with Crippen molar-refractivity contribution in [2.24, 2.45) is 0 Å². The molecule has 2 aliphatic rings. The first kappa shape index (κ1) is 28.2. The predicted molar refractivity (Wildman–Crippen MR) is 147 cm³/mol. The Labute approximate surface area is 240 Å². The molecule has 2 amide bonds. The quantitative estimate of drug-likeness (QED) is 0.334. The molecule has 2 aliphatic heterocycles. The van der Waals surface area contributed by atoms with E-state index in [0.717, 1.165) is 11.1 Å². The number of fused-ring (bicyclic) bond motifs is 8. The van der Waals surface area contributed by atoms with Crippen LogP contribution in [0.4, 0.5) is 0 Å². The van der Waals surface area contributed by atoms with E-state index < -0.39 is 35.8 Å². The molecule has 216 valence electrons. The first-order valence-electron chi connectivity index (χ1n) is 13.1. The van der Waals surface area contributed by atoms with Gasteiger partial charge in [0.05, 0.1) is 38.3 Å². The van der Waals surface area contributed by atoms with Gasteiger partial charge in [0, 0.05) is 38.3 Å². The van der Waals surface area contributed by atoms with Crippen LogP contribution in [0.1, 0.15) is 43.5 Å². The summed E-state index contributed by atoms with van der Waals surface area (Å²) in [5.41, 5.74) is 3.05. The van der Waals surface area contributed by atoms with Crippen molar-refractivity contribution in [2.75, 3.05) is 14.2 Å². The molecular formula is C29H29N7O6. The molecule has 0 fully saturated rings. The lowest BCUT2D eigenvalue weighted by molar-refractivity contribution is -0.143. The molecule has 3 aromatic heterocycles. The minimum Gasteiger partial charge on any atom is -0.467 e. The number of carbonyl (C=O) groups is 4. The molecule has 2 N–H and O–H groups in total. The predicted octanol–water partition coefficient (Wildman–Crippen LogP) is 0.913. The van der Waals surface area contributed by atoms with Gasteiger partial charge in [-0.25, -0.2) is 24.5 Å². The summed E-state index contributed by atoms with van der Waals surface area (Å²) in [5.74, 6) is -2.69. The Balaban J connectivity index is 1.48. The zero-order chi connectivity index (χ0) is 29.6. The number of imidazole rings is 2. The van der Waals surface area contributed by atoms with Gasteiger partial charge < -0.3 is 29.2 Å². The number of pyridine rings is 1. The van der Waals surface area contributed by atoms with Gasteiger partial charge in [-0.2, -0.15) is 0 Å².